The van der Waals surface area contributed by atoms with Crippen molar-refractivity contribution >= 4 is 5.95 Å². The SMILES string of the molecule is CC(C)Cn1ccnc1NC1CCC(C)C1C. The molecule has 1 N–H and O–H groups in total. The molecule has 1 heterocycles. The summed E-state index contributed by atoms with van der Waals surface area (Å²) in [6.45, 7) is 10.2. The topological polar surface area (TPSA) is 29.9 Å². The molecule has 0 spiro atoms. The van der Waals surface area contributed by atoms with E-state index in [0.29, 0.717) is 12.0 Å². The van der Waals surface area contributed by atoms with E-state index in [2.05, 4.69) is 48.8 Å². The van der Waals surface area contributed by atoms with Crippen molar-refractivity contribution in [1.82, 2.24) is 9.55 Å². The van der Waals surface area contributed by atoms with Gasteiger partial charge in [-0.15, -0.1) is 0 Å². The van der Waals surface area contributed by atoms with Crippen LogP contribution in [0.4, 0.5) is 5.95 Å². The van der Waals surface area contributed by atoms with Crippen LogP contribution >= 0.6 is 0 Å². The lowest BCUT2D eigenvalue weighted by Crippen LogP contribution is -2.26. The normalized spacial score (nSPS) is 28.9. The number of nitrogens with one attached hydrogen (secondary N) is 1. The molecule has 0 radical (unpaired) electrons. The molecule has 1 aliphatic carbocycles. The number of nitrogens with zero attached hydrogens (tertiary/aromatic N) is 2. The van der Waals surface area contributed by atoms with Crippen LogP contribution in [0, 0.1) is 17.8 Å². The van der Waals surface area contributed by atoms with Crippen molar-refractivity contribution in [3.05, 3.63) is 12.4 Å². The zero-order valence-corrected chi connectivity index (χ0v) is 11.5. The monoisotopic (exact) mass is 235 g/mol. The molecule has 0 bridgehead atoms. The van der Waals surface area contributed by atoms with Crippen molar-refractivity contribution in [2.24, 2.45) is 17.8 Å². The molecule has 3 nitrogen and oxygen atoms in total. The molecule has 3 unspecified atom stereocenters. The molecule has 0 saturated heterocycles. The molecule has 1 saturated carbocycles. The van der Waals surface area contributed by atoms with Gasteiger partial charge in [-0.05, 0) is 30.6 Å². The van der Waals surface area contributed by atoms with E-state index in [-0.39, 0.29) is 0 Å². The lowest BCUT2D eigenvalue weighted by Gasteiger charge is -2.21. The van der Waals surface area contributed by atoms with Crippen molar-refractivity contribution < 1.29 is 0 Å². The van der Waals surface area contributed by atoms with Crippen LogP contribution in [0.3, 0.4) is 0 Å². The predicted octanol–water partition coefficient (Wildman–Crippen LogP) is 3.39. The van der Waals surface area contributed by atoms with Crippen LogP contribution in [0.2, 0.25) is 0 Å². The maximum Gasteiger partial charge on any atom is 0.203 e. The molecule has 1 aromatic heterocycles. The number of aromatic nitrogens is 2. The zero-order chi connectivity index (χ0) is 12.4. The Hall–Kier alpha value is -0.990. The van der Waals surface area contributed by atoms with Crippen molar-refractivity contribution in [3.8, 4) is 0 Å². The van der Waals surface area contributed by atoms with Crippen LogP contribution in [0.15, 0.2) is 12.4 Å². The maximum absolute atomic E-state index is 4.44. The number of anilines is 1. The third-order valence-corrected chi connectivity index (χ3v) is 4.06. The molecule has 96 valence electrons. The second-order valence-corrected chi connectivity index (χ2v) is 5.96. The first-order chi connectivity index (χ1) is 8.08. The van der Waals surface area contributed by atoms with E-state index in [1.807, 2.05) is 6.20 Å². The summed E-state index contributed by atoms with van der Waals surface area (Å²) in [5.41, 5.74) is 0. The second-order valence-electron chi connectivity index (χ2n) is 5.96. The Bertz CT molecular complexity index is 356. The minimum atomic E-state index is 0.596. The Labute approximate surface area is 105 Å². The molecule has 3 heteroatoms. The fourth-order valence-electron chi connectivity index (χ4n) is 2.72. The summed E-state index contributed by atoms with van der Waals surface area (Å²) in [7, 11) is 0. The summed E-state index contributed by atoms with van der Waals surface area (Å²) in [4.78, 5) is 4.44. The summed E-state index contributed by atoms with van der Waals surface area (Å²) >= 11 is 0. The van der Waals surface area contributed by atoms with Gasteiger partial charge in [0.25, 0.3) is 0 Å². The summed E-state index contributed by atoms with van der Waals surface area (Å²) < 4.78 is 2.24. The average Bonchev–Trinajstić information content (AvgIpc) is 2.80. The molecule has 17 heavy (non-hydrogen) atoms. The molecule has 1 aliphatic rings. The highest BCUT2D eigenvalue weighted by Crippen LogP contribution is 2.32. The molecule has 3 atom stereocenters. The predicted molar refractivity (Wildman–Crippen MR) is 72.0 cm³/mol. The van der Waals surface area contributed by atoms with Gasteiger partial charge in [-0.25, -0.2) is 4.98 Å². The van der Waals surface area contributed by atoms with Crippen molar-refractivity contribution in [3.63, 3.8) is 0 Å². The van der Waals surface area contributed by atoms with Gasteiger partial charge < -0.3 is 9.88 Å². The quantitative estimate of drug-likeness (QED) is 0.867. The van der Waals surface area contributed by atoms with E-state index in [9.17, 15) is 0 Å². The highest BCUT2D eigenvalue weighted by molar-refractivity contribution is 5.28. The summed E-state index contributed by atoms with van der Waals surface area (Å²) in [5.74, 6) is 3.29. The minimum absolute atomic E-state index is 0.596. The number of imidazole rings is 1. The second kappa shape index (κ2) is 5.11. The number of hydrogen-bond acceptors (Lipinski definition) is 2. The number of rotatable bonds is 4. The molecule has 0 aromatic carbocycles. The van der Waals surface area contributed by atoms with Gasteiger partial charge in [0, 0.05) is 25.0 Å². The van der Waals surface area contributed by atoms with Gasteiger partial charge >= 0.3 is 0 Å². The largest absolute Gasteiger partial charge is 0.353 e. The lowest BCUT2D eigenvalue weighted by atomic mass is 9.98. The molecule has 1 aromatic rings. The van der Waals surface area contributed by atoms with E-state index in [0.717, 1.165) is 24.3 Å². The Kier molecular flexibility index (Phi) is 3.75. The third kappa shape index (κ3) is 2.82. The smallest absolute Gasteiger partial charge is 0.203 e. The standard InChI is InChI=1S/C14H25N3/c1-10(2)9-17-8-7-15-14(17)16-13-6-5-11(3)12(13)4/h7-8,10-13H,5-6,9H2,1-4H3,(H,15,16). The van der Waals surface area contributed by atoms with E-state index < -0.39 is 0 Å². The Morgan fingerprint density at radius 2 is 2.18 bits per heavy atom. The summed E-state index contributed by atoms with van der Waals surface area (Å²) in [6, 6.07) is 0.596. The summed E-state index contributed by atoms with van der Waals surface area (Å²) in [6.07, 6.45) is 6.58. The Morgan fingerprint density at radius 1 is 1.41 bits per heavy atom. The first-order valence-electron chi connectivity index (χ1n) is 6.85. The van der Waals surface area contributed by atoms with Crippen LogP contribution in [-0.4, -0.2) is 15.6 Å². The Morgan fingerprint density at radius 3 is 2.76 bits per heavy atom. The van der Waals surface area contributed by atoms with Crippen molar-refractivity contribution in [1.29, 1.82) is 0 Å². The van der Waals surface area contributed by atoms with Gasteiger partial charge in [0.1, 0.15) is 0 Å². The fourth-order valence-corrected chi connectivity index (χ4v) is 2.72. The molecular formula is C14H25N3. The van der Waals surface area contributed by atoms with Crippen LogP contribution in [0.25, 0.3) is 0 Å². The van der Waals surface area contributed by atoms with Gasteiger partial charge in [0.2, 0.25) is 5.95 Å². The molecular weight excluding hydrogens is 210 g/mol. The molecule has 2 rings (SSSR count). The van der Waals surface area contributed by atoms with Crippen LogP contribution in [0.1, 0.15) is 40.5 Å². The number of hydrogen-bond donors (Lipinski definition) is 1. The van der Waals surface area contributed by atoms with Gasteiger partial charge in [-0.1, -0.05) is 27.7 Å². The summed E-state index contributed by atoms with van der Waals surface area (Å²) in [5, 5.41) is 3.63. The van der Waals surface area contributed by atoms with Crippen LogP contribution in [-0.2, 0) is 6.54 Å². The molecule has 1 fully saturated rings. The van der Waals surface area contributed by atoms with Crippen molar-refractivity contribution in [2.75, 3.05) is 5.32 Å². The van der Waals surface area contributed by atoms with E-state index in [4.69, 9.17) is 0 Å². The van der Waals surface area contributed by atoms with E-state index >= 15 is 0 Å². The zero-order valence-electron chi connectivity index (χ0n) is 11.5. The van der Waals surface area contributed by atoms with Crippen LogP contribution < -0.4 is 5.32 Å². The average molecular weight is 235 g/mol. The van der Waals surface area contributed by atoms with Crippen molar-refractivity contribution in [2.45, 2.75) is 53.1 Å². The maximum atomic E-state index is 4.44. The Balaban J connectivity index is 2.01. The minimum Gasteiger partial charge on any atom is -0.353 e. The van der Waals surface area contributed by atoms with E-state index in [1.165, 1.54) is 12.8 Å². The molecule has 0 aliphatic heterocycles. The molecule has 0 amide bonds. The lowest BCUT2D eigenvalue weighted by molar-refractivity contribution is 0.432. The third-order valence-electron chi connectivity index (χ3n) is 4.06. The van der Waals surface area contributed by atoms with Gasteiger partial charge in [-0.3, -0.25) is 0 Å². The van der Waals surface area contributed by atoms with Crippen LogP contribution in [0.5, 0.6) is 0 Å². The van der Waals surface area contributed by atoms with Gasteiger partial charge in [0.15, 0.2) is 0 Å². The van der Waals surface area contributed by atoms with Gasteiger partial charge in [-0.2, -0.15) is 0 Å². The highest BCUT2D eigenvalue weighted by Gasteiger charge is 2.30. The van der Waals surface area contributed by atoms with Gasteiger partial charge in [0.05, 0.1) is 0 Å². The first-order valence-corrected chi connectivity index (χ1v) is 6.85. The first kappa shape index (κ1) is 12.5. The highest BCUT2D eigenvalue weighted by atomic mass is 15.2. The fraction of sp³-hybridized carbons (Fsp3) is 0.786. The van der Waals surface area contributed by atoms with E-state index in [1.54, 1.807) is 0 Å².